The summed E-state index contributed by atoms with van der Waals surface area (Å²) in [6.07, 6.45) is 0.748. The average molecular weight is 211 g/mol. The van der Waals surface area contributed by atoms with E-state index in [4.69, 9.17) is 4.74 Å². The molecule has 0 N–H and O–H groups in total. The molecule has 1 saturated heterocycles. The number of hydrogen-bond donors (Lipinski definition) is 0. The Morgan fingerprint density at radius 2 is 2.14 bits per heavy atom. The lowest BCUT2D eigenvalue weighted by Crippen LogP contribution is -2.44. The topological polar surface area (TPSA) is 12.5 Å². The van der Waals surface area contributed by atoms with Gasteiger partial charge in [-0.15, -0.1) is 11.3 Å². The van der Waals surface area contributed by atoms with Crippen molar-refractivity contribution in [2.24, 2.45) is 0 Å². The van der Waals surface area contributed by atoms with Gasteiger partial charge < -0.3 is 4.74 Å². The Morgan fingerprint density at radius 1 is 1.43 bits per heavy atom. The molecule has 1 aliphatic heterocycles. The standard InChI is InChI=1S/C11H17NOS/c1-9-6-12(7-10(2)13-9)8-11-4-3-5-14-11/h3-5,9-10H,6-8H2,1-2H3/t9-,10-/m1/s1. The molecule has 0 bridgehead atoms. The maximum atomic E-state index is 5.70. The summed E-state index contributed by atoms with van der Waals surface area (Å²) in [6, 6.07) is 4.32. The Bertz CT molecular complexity index is 263. The van der Waals surface area contributed by atoms with Crippen LogP contribution in [0.2, 0.25) is 0 Å². The summed E-state index contributed by atoms with van der Waals surface area (Å²) in [5.74, 6) is 0. The van der Waals surface area contributed by atoms with Crippen LogP contribution in [0.15, 0.2) is 17.5 Å². The van der Waals surface area contributed by atoms with E-state index in [1.54, 1.807) is 0 Å². The molecule has 0 amide bonds. The lowest BCUT2D eigenvalue weighted by Gasteiger charge is -2.34. The molecule has 0 aromatic carbocycles. The van der Waals surface area contributed by atoms with Crippen molar-refractivity contribution in [2.75, 3.05) is 13.1 Å². The summed E-state index contributed by atoms with van der Waals surface area (Å²) in [5.41, 5.74) is 0. The van der Waals surface area contributed by atoms with Crippen molar-refractivity contribution in [3.05, 3.63) is 22.4 Å². The second-order valence-electron chi connectivity index (χ2n) is 4.03. The van der Waals surface area contributed by atoms with Gasteiger partial charge in [0.05, 0.1) is 12.2 Å². The van der Waals surface area contributed by atoms with Gasteiger partial charge in [0.15, 0.2) is 0 Å². The third-order valence-corrected chi connectivity index (χ3v) is 3.32. The predicted octanol–water partition coefficient (Wildman–Crippen LogP) is 2.36. The number of hydrogen-bond acceptors (Lipinski definition) is 3. The summed E-state index contributed by atoms with van der Waals surface area (Å²) >= 11 is 1.84. The molecule has 0 saturated carbocycles. The van der Waals surface area contributed by atoms with Gasteiger partial charge >= 0.3 is 0 Å². The lowest BCUT2D eigenvalue weighted by molar-refractivity contribution is -0.0702. The molecular formula is C11H17NOS. The summed E-state index contributed by atoms with van der Waals surface area (Å²) in [7, 11) is 0. The minimum atomic E-state index is 0.374. The van der Waals surface area contributed by atoms with Gasteiger partial charge in [-0.3, -0.25) is 4.90 Å². The molecule has 2 rings (SSSR count). The zero-order valence-corrected chi connectivity index (χ0v) is 9.59. The third kappa shape index (κ3) is 2.56. The van der Waals surface area contributed by atoms with Crippen molar-refractivity contribution in [3.63, 3.8) is 0 Å². The number of rotatable bonds is 2. The molecule has 2 nitrogen and oxygen atoms in total. The summed E-state index contributed by atoms with van der Waals surface area (Å²) < 4.78 is 5.70. The van der Waals surface area contributed by atoms with Gasteiger partial charge in [0.1, 0.15) is 0 Å². The largest absolute Gasteiger partial charge is 0.373 e. The third-order valence-electron chi connectivity index (χ3n) is 2.45. The Kier molecular flexibility index (Phi) is 3.21. The molecule has 0 unspecified atom stereocenters. The molecule has 3 heteroatoms. The van der Waals surface area contributed by atoms with Gasteiger partial charge in [0.2, 0.25) is 0 Å². The van der Waals surface area contributed by atoms with E-state index in [1.165, 1.54) is 4.88 Å². The monoisotopic (exact) mass is 211 g/mol. The van der Waals surface area contributed by atoms with E-state index in [9.17, 15) is 0 Å². The summed E-state index contributed by atoms with van der Waals surface area (Å²) in [6.45, 7) is 7.49. The Balaban J connectivity index is 1.91. The highest BCUT2D eigenvalue weighted by Crippen LogP contribution is 2.16. The number of ether oxygens (including phenoxy) is 1. The molecule has 2 atom stereocenters. The highest BCUT2D eigenvalue weighted by molar-refractivity contribution is 7.09. The summed E-state index contributed by atoms with van der Waals surface area (Å²) in [4.78, 5) is 3.93. The van der Waals surface area contributed by atoms with E-state index >= 15 is 0 Å². The average Bonchev–Trinajstić information content (AvgIpc) is 2.54. The van der Waals surface area contributed by atoms with E-state index < -0.39 is 0 Å². The second-order valence-corrected chi connectivity index (χ2v) is 5.06. The van der Waals surface area contributed by atoms with Crippen LogP contribution in [-0.4, -0.2) is 30.2 Å². The van der Waals surface area contributed by atoms with Crippen molar-refractivity contribution in [1.29, 1.82) is 0 Å². The van der Waals surface area contributed by atoms with Gasteiger partial charge in [0, 0.05) is 24.5 Å². The first-order valence-corrected chi connectivity index (χ1v) is 6.02. The van der Waals surface area contributed by atoms with Crippen LogP contribution in [0, 0.1) is 0 Å². The fourth-order valence-corrected chi connectivity index (χ4v) is 2.78. The molecule has 14 heavy (non-hydrogen) atoms. The maximum absolute atomic E-state index is 5.70. The minimum Gasteiger partial charge on any atom is -0.373 e. The SMILES string of the molecule is C[C@@H]1CN(Cc2cccs2)C[C@@H](C)O1. The van der Waals surface area contributed by atoms with E-state index in [-0.39, 0.29) is 0 Å². The predicted molar refractivity (Wildman–Crippen MR) is 59.6 cm³/mol. The second kappa shape index (κ2) is 4.43. The molecular weight excluding hydrogens is 194 g/mol. The molecule has 0 radical (unpaired) electrons. The van der Waals surface area contributed by atoms with Crippen LogP contribution in [-0.2, 0) is 11.3 Å². The minimum absolute atomic E-state index is 0.374. The number of nitrogens with zero attached hydrogens (tertiary/aromatic N) is 1. The summed E-state index contributed by atoms with van der Waals surface area (Å²) in [5, 5.41) is 2.14. The molecule has 2 heterocycles. The van der Waals surface area contributed by atoms with Crippen LogP contribution in [0.1, 0.15) is 18.7 Å². The van der Waals surface area contributed by atoms with Crippen molar-refractivity contribution in [3.8, 4) is 0 Å². The molecule has 0 spiro atoms. The first-order valence-electron chi connectivity index (χ1n) is 5.14. The zero-order chi connectivity index (χ0) is 9.97. The van der Waals surface area contributed by atoms with Crippen LogP contribution in [0.5, 0.6) is 0 Å². The van der Waals surface area contributed by atoms with Crippen molar-refractivity contribution >= 4 is 11.3 Å². The fraction of sp³-hybridized carbons (Fsp3) is 0.636. The van der Waals surface area contributed by atoms with Crippen LogP contribution < -0.4 is 0 Å². The van der Waals surface area contributed by atoms with Crippen LogP contribution in [0.25, 0.3) is 0 Å². The zero-order valence-electron chi connectivity index (χ0n) is 8.77. The number of thiophene rings is 1. The smallest absolute Gasteiger partial charge is 0.0678 e. The van der Waals surface area contributed by atoms with Gasteiger partial charge in [-0.1, -0.05) is 6.07 Å². The molecule has 1 aromatic heterocycles. The fourth-order valence-electron chi connectivity index (χ4n) is 2.04. The van der Waals surface area contributed by atoms with Gasteiger partial charge in [0.25, 0.3) is 0 Å². The van der Waals surface area contributed by atoms with Crippen LogP contribution in [0.3, 0.4) is 0 Å². The van der Waals surface area contributed by atoms with E-state index in [0.29, 0.717) is 12.2 Å². The molecule has 78 valence electrons. The molecule has 0 aliphatic carbocycles. The quantitative estimate of drug-likeness (QED) is 0.744. The van der Waals surface area contributed by atoms with Gasteiger partial charge in [-0.25, -0.2) is 0 Å². The lowest BCUT2D eigenvalue weighted by atomic mass is 10.2. The normalized spacial score (nSPS) is 29.3. The van der Waals surface area contributed by atoms with Gasteiger partial charge in [-0.2, -0.15) is 0 Å². The van der Waals surface area contributed by atoms with E-state index in [0.717, 1.165) is 19.6 Å². The first kappa shape index (κ1) is 10.1. The van der Waals surface area contributed by atoms with Crippen LogP contribution >= 0.6 is 11.3 Å². The maximum Gasteiger partial charge on any atom is 0.0678 e. The van der Waals surface area contributed by atoms with E-state index in [2.05, 4.69) is 36.3 Å². The highest BCUT2D eigenvalue weighted by Gasteiger charge is 2.21. The first-order chi connectivity index (χ1) is 6.74. The highest BCUT2D eigenvalue weighted by atomic mass is 32.1. The Morgan fingerprint density at radius 3 is 2.71 bits per heavy atom. The van der Waals surface area contributed by atoms with Crippen LogP contribution in [0.4, 0.5) is 0 Å². The van der Waals surface area contributed by atoms with E-state index in [1.807, 2.05) is 11.3 Å². The number of morpholine rings is 1. The van der Waals surface area contributed by atoms with Crippen molar-refractivity contribution in [1.82, 2.24) is 4.90 Å². The molecule has 1 fully saturated rings. The Hall–Kier alpha value is -0.380. The van der Waals surface area contributed by atoms with Crippen molar-refractivity contribution in [2.45, 2.75) is 32.6 Å². The Labute approximate surface area is 89.5 Å². The van der Waals surface area contributed by atoms with Gasteiger partial charge in [-0.05, 0) is 25.3 Å². The molecule has 1 aromatic rings. The van der Waals surface area contributed by atoms with Crippen molar-refractivity contribution < 1.29 is 4.74 Å². The molecule has 1 aliphatic rings.